The van der Waals surface area contributed by atoms with Gasteiger partial charge in [0.15, 0.2) is 0 Å². The van der Waals surface area contributed by atoms with Crippen molar-refractivity contribution in [2.24, 2.45) is 11.3 Å². The van der Waals surface area contributed by atoms with Crippen molar-refractivity contribution in [2.45, 2.75) is 52.9 Å². The Morgan fingerprint density at radius 3 is 2.44 bits per heavy atom. The van der Waals surface area contributed by atoms with Gasteiger partial charge in [-0.25, -0.2) is 0 Å². The maximum Gasteiger partial charge on any atom is 0.0929 e. The molecule has 0 bridgehead atoms. The minimum absolute atomic E-state index is 0.345. The van der Waals surface area contributed by atoms with Crippen molar-refractivity contribution >= 4 is 0 Å². The maximum absolute atomic E-state index is 7.49. The molecule has 0 heterocycles. The van der Waals surface area contributed by atoms with E-state index < -0.39 is 0 Å². The van der Waals surface area contributed by atoms with Crippen molar-refractivity contribution in [3.05, 3.63) is 6.42 Å². The monoisotopic (exact) mass is 213 g/mol. The second-order valence-corrected chi connectivity index (χ2v) is 4.44. The van der Waals surface area contributed by atoms with E-state index >= 15 is 0 Å². The van der Waals surface area contributed by atoms with Gasteiger partial charge in [-0.2, -0.15) is 0 Å². The molecule has 0 N–H and O–H groups in total. The first-order valence-corrected chi connectivity index (χ1v) is 6.00. The summed E-state index contributed by atoms with van der Waals surface area (Å²) < 4.78 is 0. The Hall–Kier alpha value is -1.32. The van der Waals surface area contributed by atoms with Crippen LogP contribution in [0.3, 0.4) is 0 Å². The van der Waals surface area contributed by atoms with Crippen LogP contribution in [0.5, 0.6) is 0 Å². The fourth-order valence-electron chi connectivity index (χ4n) is 1.61. The number of terminal acetylenes is 1. The van der Waals surface area contributed by atoms with Gasteiger partial charge in [-0.05, 0) is 25.7 Å². The Balaban J connectivity index is 4.69. The van der Waals surface area contributed by atoms with E-state index in [2.05, 4.69) is 44.5 Å². The smallest absolute Gasteiger partial charge is 0.0929 e. The topological polar surface area (TPSA) is 0 Å². The molecule has 0 heteroatoms. The average molecular weight is 213 g/mol. The molecule has 0 amide bonds. The molecule has 0 saturated carbocycles. The molecule has 0 aliphatic rings. The molecule has 0 nitrogen and oxygen atoms in total. The standard InChI is InChI=1S/C16H21/c1-6-9-10-13-16(8-3,12-7-2)14-11-15(4)5/h1,15H,7,9-10,12-13H2,2,4-5H3. The van der Waals surface area contributed by atoms with Crippen molar-refractivity contribution in [3.63, 3.8) is 0 Å². The molecule has 0 aliphatic heterocycles. The molecule has 0 spiro atoms. The molecular formula is C16H21. The highest BCUT2D eigenvalue weighted by Gasteiger charge is 2.23. The highest BCUT2D eigenvalue weighted by Crippen LogP contribution is 2.29. The molecular weight excluding hydrogens is 192 g/mol. The molecule has 0 fully saturated rings. The first-order chi connectivity index (χ1) is 7.60. The summed E-state index contributed by atoms with van der Waals surface area (Å²) in [5.74, 6) is 12.0. The summed E-state index contributed by atoms with van der Waals surface area (Å²) in [4.78, 5) is 0. The van der Waals surface area contributed by atoms with E-state index in [4.69, 9.17) is 12.8 Å². The molecule has 16 heavy (non-hydrogen) atoms. The predicted octanol–water partition coefficient (Wildman–Crippen LogP) is 3.83. The average Bonchev–Trinajstić information content (AvgIpc) is 2.26. The van der Waals surface area contributed by atoms with Gasteiger partial charge in [0.25, 0.3) is 0 Å². The summed E-state index contributed by atoms with van der Waals surface area (Å²) in [5.41, 5.74) is -0.365. The van der Waals surface area contributed by atoms with Crippen LogP contribution >= 0.6 is 0 Å². The summed E-state index contributed by atoms with van der Waals surface area (Å²) >= 11 is 0. The van der Waals surface area contributed by atoms with Crippen molar-refractivity contribution < 1.29 is 0 Å². The summed E-state index contributed by atoms with van der Waals surface area (Å²) in [6.45, 7) is 6.24. The van der Waals surface area contributed by atoms with Gasteiger partial charge in [0.05, 0.1) is 5.41 Å². The Morgan fingerprint density at radius 2 is 2.00 bits per heavy atom. The van der Waals surface area contributed by atoms with Crippen LogP contribution in [0, 0.1) is 47.9 Å². The van der Waals surface area contributed by atoms with Gasteiger partial charge in [0, 0.05) is 12.3 Å². The molecule has 0 aromatic rings. The van der Waals surface area contributed by atoms with E-state index in [0.717, 1.165) is 32.1 Å². The SMILES string of the molecule is [C]#CC(C#CC(C)C)(CCC)CCCC#C. The van der Waals surface area contributed by atoms with Crippen LogP contribution < -0.4 is 0 Å². The van der Waals surface area contributed by atoms with Crippen LogP contribution in [0.2, 0.25) is 0 Å². The zero-order valence-electron chi connectivity index (χ0n) is 10.7. The van der Waals surface area contributed by atoms with E-state index in [1.54, 1.807) is 0 Å². The van der Waals surface area contributed by atoms with E-state index in [0.29, 0.717) is 5.92 Å². The van der Waals surface area contributed by atoms with Crippen molar-refractivity contribution in [1.29, 1.82) is 0 Å². The Morgan fingerprint density at radius 1 is 1.31 bits per heavy atom. The van der Waals surface area contributed by atoms with Crippen LogP contribution in [0.25, 0.3) is 0 Å². The van der Waals surface area contributed by atoms with Crippen molar-refractivity contribution in [2.75, 3.05) is 0 Å². The molecule has 0 saturated heterocycles. The molecule has 85 valence electrons. The second-order valence-electron chi connectivity index (χ2n) is 4.44. The molecule has 0 rings (SSSR count). The van der Waals surface area contributed by atoms with Crippen molar-refractivity contribution in [1.82, 2.24) is 0 Å². The predicted molar refractivity (Wildman–Crippen MR) is 69.8 cm³/mol. The molecule has 0 aromatic carbocycles. The van der Waals surface area contributed by atoms with Crippen LogP contribution in [0.15, 0.2) is 0 Å². The van der Waals surface area contributed by atoms with Gasteiger partial charge in [-0.3, -0.25) is 0 Å². The van der Waals surface area contributed by atoms with E-state index in [-0.39, 0.29) is 5.41 Å². The van der Waals surface area contributed by atoms with Gasteiger partial charge in [-0.1, -0.05) is 45.0 Å². The zero-order chi connectivity index (χ0) is 12.4. The lowest BCUT2D eigenvalue weighted by molar-refractivity contribution is 0.432. The lowest BCUT2D eigenvalue weighted by atomic mass is 9.80. The first kappa shape index (κ1) is 14.7. The van der Waals surface area contributed by atoms with Crippen LogP contribution in [0.4, 0.5) is 0 Å². The van der Waals surface area contributed by atoms with Gasteiger partial charge in [0.2, 0.25) is 0 Å². The quantitative estimate of drug-likeness (QED) is 0.481. The second kappa shape index (κ2) is 7.91. The Bertz CT molecular complexity index is 324. The number of hydrogen-bond acceptors (Lipinski definition) is 0. The summed E-state index contributed by atoms with van der Waals surface area (Å²) in [7, 11) is 0. The lowest BCUT2D eigenvalue weighted by Gasteiger charge is -2.21. The van der Waals surface area contributed by atoms with Crippen LogP contribution in [-0.4, -0.2) is 0 Å². The van der Waals surface area contributed by atoms with Crippen LogP contribution in [-0.2, 0) is 0 Å². The van der Waals surface area contributed by atoms with Gasteiger partial charge < -0.3 is 0 Å². The summed E-state index contributed by atoms with van der Waals surface area (Å²) in [5, 5.41) is 0. The highest BCUT2D eigenvalue weighted by atomic mass is 14.2. The minimum Gasteiger partial charge on any atom is -0.120 e. The molecule has 0 aliphatic carbocycles. The number of hydrogen-bond donors (Lipinski definition) is 0. The normalized spacial score (nSPS) is 13.1. The van der Waals surface area contributed by atoms with Crippen molar-refractivity contribution in [3.8, 4) is 30.1 Å². The maximum atomic E-state index is 7.49. The largest absolute Gasteiger partial charge is 0.120 e. The third kappa shape index (κ3) is 5.53. The van der Waals surface area contributed by atoms with Crippen LogP contribution in [0.1, 0.15) is 52.9 Å². The molecule has 0 aromatic heterocycles. The first-order valence-electron chi connectivity index (χ1n) is 6.00. The fourth-order valence-corrected chi connectivity index (χ4v) is 1.61. The summed E-state index contributed by atoms with van der Waals surface area (Å²) in [6.07, 6.45) is 17.2. The van der Waals surface area contributed by atoms with Gasteiger partial charge >= 0.3 is 0 Å². The van der Waals surface area contributed by atoms with E-state index in [1.165, 1.54) is 0 Å². The zero-order valence-corrected chi connectivity index (χ0v) is 10.7. The minimum atomic E-state index is -0.365. The Labute approximate surface area is 101 Å². The number of rotatable bonds is 5. The molecule has 1 atom stereocenters. The molecule has 1 radical (unpaired) electrons. The fraction of sp³-hybridized carbons (Fsp3) is 0.625. The lowest BCUT2D eigenvalue weighted by Crippen LogP contribution is -2.16. The number of unbranched alkanes of at least 4 members (excludes halogenated alkanes) is 1. The van der Waals surface area contributed by atoms with Gasteiger partial charge in [0.1, 0.15) is 0 Å². The third-order valence-electron chi connectivity index (χ3n) is 2.44. The highest BCUT2D eigenvalue weighted by molar-refractivity contribution is 5.23. The Kier molecular flexibility index (Phi) is 7.25. The third-order valence-corrected chi connectivity index (χ3v) is 2.44. The van der Waals surface area contributed by atoms with Gasteiger partial charge in [-0.15, -0.1) is 12.3 Å². The van der Waals surface area contributed by atoms with E-state index in [1.807, 2.05) is 0 Å². The van der Waals surface area contributed by atoms with E-state index in [9.17, 15) is 0 Å². The summed E-state index contributed by atoms with van der Waals surface area (Å²) in [6, 6.07) is 0. The molecule has 1 unspecified atom stereocenters.